The fraction of sp³-hybridized carbons (Fsp3) is 0.636. The minimum Gasteiger partial charge on any atom is -0.464 e. The molecule has 2 N–H and O–H groups in total. The molecule has 1 saturated heterocycles. The van der Waals surface area contributed by atoms with E-state index in [1.165, 1.54) is 7.11 Å². The van der Waals surface area contributed by atoms with Gasteiger partial charge in [-0.1, -0.05) is 0 Å². The number of anilines is 1. The van der Waals surface area contributed by atoms with Crippen LogP contribution in [0.2, 0.25) is 0 Å². The minimum absolute atomic E-state index is 0.0635. The average Bonchev–Trinajstić information content (AvgIpc) is 2.69. The van der Waals surface area contributed by atoms with Gasteiger partial charge in [0.05, 0.1) is 32.1 Å². The Morgan fingerprint density at radius 2 is 2.50 bits per heavy atom. The fourth-order valence-electron chi connectivity index (χ4n) is 1.97. The van der Waals surface area contributed by atoms with E-state index in [1.54, 1.807) is 10.9 Å². The van der Waals surface area contributed by atoms with E-state index in [0.717, 1.165) is 13.1 Å². The van der Waals surface area contributed by atoms with Gasteiger partial charge in [-0.2, -0.15) is 5.10 Å². The molecule has 1 aliphatic rings. The summed E-state index contributed by atoms with van der Waals surface area (Å²) in [5.74, 6) is -0.520. The Morgan fingerprint density at radius 1 is 1.72 bits per heavy atom. The number of carbonyl (C=O) groups excluding carboxylic acids is 1. The van der Waals surface area contributed by atoms with E-state index < -0.39 is 5.97 Å². The van der Waals surface area contributed by atoms with E-state index in [9.17, 15) is 4.79 Å². The second kappa shape index (κ2) is 5.36. The molecule has 100 valence electrons. The SMILES string of the molecule is COC(=O)c1nn(CC2CN(C)CCO2)cc1N. The third kappa shape index (κ3) is 2.80. The van der Waals surface area contributed by atoms with Crippen molar-refractivity contribution in [2.45, 2.75) is 12.6 Å². The highest BCUT2D eigenvalue weighted by Crippen LogP contribution is 2.12. The van der Waals surface area contributed by atoms with E-state index in [-0.39, 0.29) is 11.8 Å². The van der Waals surface area contributed by atoms with E-state index in [4.69, 9.17) is 10.5 Å². The van der Waals surface area contributed by atoms with Crippen molar-refractivity contribution in [3.8, 4) is 0 Å². The number of esters is 1. The van der Waals surface area contributed by atoms with Crippen LogP contribution in [-0.2, 0) is 16.0 Å². The molecule has 0 aliphatic carbocycles. The molecule has 0 aromatic carbocycles. The van der Waals surface area contributed by atoms with Gasteiger partial charge in [-0.15, -0.1) is 0 Å². The largest absolute Gasteiger partial charge is 0.464 e. The van der Waals surface area contributed by atoms with Gasteiger partial charge in [0.2, 0.25) is 0 Å². The molecule has 1 aliphatic heterocycles. The highest BCUT2D eigenvalue weighted by molar-refractivity contribution is 5.92. The first kappa shape index (κ1) is 12.8. The molecule has 2 rings (SSSR count). The number of hydrogen-bond acceptors (Lipinski definition) is 6. The number of methoxy groups -OCH3 is 1. The van der Waals surface area contributed by atoms with Crippen LogP contribution in [0.3, 0.4) is 0 Å². The molecule has 1 unspecified atom stereocenters. The quantitative estimate of drug-likeness (QED) is 0.738. The monoisotopic (exact) mass is 254 g/mol. The zero-order valence-electron chi connectivity index (χ0n) is 10.6. The van der Waals surface area contributed by atoms with Crippen molar-refractivity contribution >= 4 is 11.7 Å². The van der Waals surface area contributed by atoms with Gasteiger partial charge in [0.1, 0.15) is 0 Å². The standard InChI is InChI=1S/C11H18N4O3/c1-14-3-4-18-8(5-14)6-15-7-9(12)10(13-15)11(16)17-2/h7-8H,3-6,12H2,1-2H3. The summed E-state index contributed by atoms with van der Waals surface area (Å²) < 4.78 is 11.9. The zero-order chi connectivity index (χ0) is 13.1. The number of carbonyl (C=O) groups is 1. The summed E-state index contributed by atoms with van der Waals surface area (Å²) in [6.45, 7) is 3.06. The number of nitrogen functional groups attached to an aromatic ring is 1. The molecule has 0 spiro atoms. The summed E-state index contributed by atoms with van der Waals surface area (Å²) in [5, 5.41) is 4.12. The summed E-state index contributed by atoms with van der Waals surface area (Å²) in [7, 11) is 3.35. The van der Waals surface area contributed by atoms with Crippen LogP contribution in [0.25, 0.3) is 0 Å². The highest BCUT2D eigenvalue weighted by atomic mass is 16.5. The normalized spacial score (nSPS) is 20.9. The Bertz CT molecular complexity index is 432. The van der Waals surface area contributed by atoms with Crippen LogP contribution < -0.4 is 5.73 Å². The lowest BCUT2D eigenvalue weighted by Gasteiger charge is -2.29. The van der Waals surface area contributed by atoms with Crippen molar-refractivity contribution in [3.05, 3.63) is 11.9 Å². The van der Waals surface area contributed by atoms with Gasteiger partial charge < -0.3 is 20.1 Å². The molecular weight excluding hydrogens is 236 g/mol. The average molecular weight is 254 g/mol. The molecule has 7 heteroatoms. The van der Waals surface area contributed by atoms with Gasteiger partial charge >= 0.3 is 5.97 Å². The molecule has 7 nitrogen and oxygen atoms in total. The zero-order valence-corrected chi connectivity index (χ0v) is 10.6. The molecule has 0 radical (unpaired) electrons. The number of likely N-dealkylation sites (N-methyl/N-ethyl adjacent to an activating group) is 1. The van der Waals surface area contributed by atoms with E-state index in [0.29, 0.717) is 18.8 Å². The van der Waals surface area contributed by atoms with Crippen LogP contribution in [0.1, 0.15) is 10.5 Å². The summed E-state index contributed by atoms with van der Waals surface area (Å²) in [5.41, 5.74) is 6.19. The number of morpholine rings is 1. The molecule has 1 aromatic rings. The Kier molecular flexibility index (Phi) is 3.83. The molecule has 1 fully saturated rings. The topological polar surface area (TPSA) is 82.6 Å². The van der Waals surface area contributed by atoms with Crippen LogP contribution in [0.15, 0.2) is 6.20 Å². The van der Waals surface area contributed by atoms with Crippen LogP contribution >= 0.6 is 0 Å². The van der Waals surface area contributed by atoms with Gasteiger partial charge in [0.15, 0.2) is 5.69 Å². The maximum Gasteiger partial charge on any atom is 0.360 e. The number of hydrogen-bond donors (Lipinski definition) is 1. The van der Waals surface area contributed by atoms with Crippen LogP contribution in [-0.4, -0.2) is 60.6 Å². The van der Waals surface area contributed by atoms with E-state index >= 15 is 0 Å². The third-order valence-electron chi connectivity index (χ3n) is 2.90. The number of rotatable bonds is 3. The Morgan fingerprint density at radius 3 is 3.17 bits per heavy atom. The summed E-state index contributed by atoms with van der Waals surface area (Å²) in [4.78, 5) is 13.6. The second-order valence-electron chi connectivity index (χ2n) is 4.40. The predicted molar refractivity (Wildman–Crippen MR) is 65.2 cm³/mol. The number of nitrogens with zero attached hydrogens (tertiary/aromatic N) is 3. The van der Waals surface area contributed by atoms with Crippen molar-refractivity contribution in [2.24, 2.45) is 0 Å². The second-order valence-corrected chi connectivity index (χ2v) is 4.40. The molecular formula is C11H18N4O3. The van der Waals surface area contributed by atoms with Crippen molar-refractivity contribution in [2.75, 3.05) is 39.6 Å². The summed E-state index contributed by atoms with van der Waals surface area (Å²) >= 11 is 0. The van der Waals surface area contributed by atoms with Gasteiger partial charge in [0.25, 0.3) is 0 Å². The minimum atomic E-state index is -0.520. The lowest BCUT2D eigenvalue weighted by molar-refractivity contribution is -0.0291. The molecule has 1 atom stereocenters. The Labute approximate surface area is 105 Å². The van der Waals surface area contributed by atoms with Crippen LogP contribution in [0, 0.1) is 0 Å². The van der Waals surface area contributed by atoms with Gasteiger partial charge in [-0.05, 0) is 7.05 Å². The number of ether oxygens (including phenoxy) is 2. The van der Waals surface area contributed by atoms with Crippen LogP contribution in [0.5, 0.6) is 0 Å². The first-order valence-corrected chi connectivity index (χ1v) is 5.81. The predicted octanol–water partition coefficient (Wildman–Crippen LogP) is -0.417. The molecule has 18 heavy (non-hydrogen) atoms. The maximum atomic E-state index is 11.4. The first-order valence-electron chi connectivity index (χ1n) is 5.81. The van der Waals surface area contributed by atoms with Crippen molar-refractivity contribution in [1.29, 1.82) is 0 Å². The smallest absolute Gasteiger partial charge is 0.360 e. The number of nitrogens with two attached hydrogens (primary N) is 1. The highest BCUT2D eigenvalue weighted by Gasteiger charge is 2.21. The first-order chi connectivity index (χ1) is 8.60. The molecule has 2 heterocycles. The Balaban J connectivity index is 2.03. The molecule has 0 bridgehead atoms. The summed E-state index contributed by atoms with van der Waals surface area (Å²) in [6.07, 6.45) is 1.69. The van der Waals surface area contributed by atoms with Crippen molar-refractivity contribution in [1.82, 2.24) is 14.7 Å². The van der Waals surface area contributed by atoms with Gasteiger partial charge in [0, 0.05) is 19.3 Å². The lowest BCUT2D eigenvalue weighted by atomic mass is 10.3. The number of aromatic nitrogens is 2. The van der Waals surface area contributed by atoms with Crippen molar-refractivity contribution in [3.63, 3.8) is 0 Å². The Hall–Kier alpha value is -1.60. The van der Waals surface area contributed by atoms with E-state index in [1.807, 2.05) is 7.05 Å². The van der Waals surface area contributed by atoms with Crippen LogP contribution in [0.4, 0.5) is 5.69 Å². The molecule has 0 saturated carbocycles. The maximum absolute atomic E-state index is 11.4. The van der Waals surface area contributed by atoms with E-state index in [2.05, 4.69) is 14.7 Å². The molecule has 1 aromatic heterocycles. The molecule has 0 amide bonds. The van der Waals surface area contributed by atoms with Gasteiger partial charge in [-0.25, -0.2) is 4.79 Å². The fourth-order valence-corrected chi connectivity index (χ4v) is 1.97. The van der Waals surface area contributed by atoms with Crippen molar-refractivity contribution < 1.29 is 14.3 Å². The lowest BCUT2D eigenvalue weighted by Crippen LogP contribution is -2.42. The third-order valence-corrected chi connectivity index (χ3v) is 2.90. The summed E-state index contributed by atoms with van der Waals surface area (Å²) in [6, 6.07) is 0. The van der Waals surface area contributed by atoms with Gasteiger partial charge in [-0.3, -0.25) is 4.68 Å².